The Hall–Kier alpha value is -0.0400. The van der Waals surface area contributed by atoms with E-state index in [1.54, 1.807) is 0 Å². The highest BCUT2D eigenvalue weighted by Gasteiger charge is 2.52. The maximum absolute atomic E-state index is 13.1. The largest absolute Gasteiger partial charge is 0.379 e. The second kappa shape index (κ2) is 24.7. The van der Waals surface area contributed by atoms with Crippen molar-refractivity contribution in [2.24, 2.45) is 5.92 Å². The third kappa shape index (κ3) is 15.7. The molecule has 1 N–H and O–H groups in total. The average Bonchev–Trinajstić information content (AvgIpc) is 2.89. The Labute approximate surface area is 247 Å². The first-order valence-corrected chi connectivity index (χ1v) is 17.1. The van der Waals surface area contributed by atoms with Crippen LogP contribution in [0.25, 0.3) is 0 Å². The fourth-order valence-electron chi connectivity index (χ4n) is 5.69. The van der Waals surface area contributed by atoms with Crippen LogP contribution in [0.3, 0.4) is 0 Å². The zero-order valence-corrected chi connectivity index (χ0v) is 27.3. The second-order valence-electron chi connectivity index (χ2n) is 11.5. The van der Waals surface area contributed by atoms with E-state index in [0.717, 1.165) is 70.6 Å². The van der Waals surface area contributed by atoms with Crippen molar-refractivity contribution in [2.45, 2.75) is 174 Å². The maximum atomic E-state index is 13.1. The Morgan fingerprint density at radius 1 is 0.605 bits per heavy atom. The highest BCUT2D eigenvalue weighted by molar-refractivity contribution is 7.97. The summed E-state index contributed by atoms with van der Waals surface area (Å²) in [5.41, 5.74) is -1.81. The Balaban J connectivity index is 5.23. The van der Waals surface area contributed by atoms with Gasteiger partial charge in [0, 0.05) is 0 Å². The van der Waals surface area contributed by atoms with Crippen molar-refractivity contribution in [1.82, 2.24) is 4.90 Å². The van der Waals surface area contributed by atoms with Crippen LogP contribution < -0.4 is 0 Å². The summed E-state index contributed by atoms with van der Waals surface area (Å²) >= 11 is 8.44. The molecule has 0 aliphatic rings. The Bertz CT molecular complexity index is 581. The second-order valence-corrected chi connectivity index (χ2v) is 12.3. The molecular weight excluding hydrogens is 510 g/mol. The first-order valence-electron chi connectivity index (χ1n) is 16.2. The van der Waals surface area contributed by atoms with Gasteiger partial charge in [-0.15, -0.1) is 25.3 Å². The van der Waals surface area contributed by atoms with Gasteiger partial charge in [-0.2, -0.15) is 0 Å². The molecule has 3 unspecified atom stereocenters. The predicted octanol–water partition coefficient (Wildman–Crippen LogP) is 9.19. The number of hydrogen-bond acceptors (Lipinski definition) is 4. The summed E-state index contributed by atoms with van der Waals surface area (Å²) in [6.45, 7) is 10.0. The maximum Gasteiger partial charge on any atom is 0.219 e. The average molecular weight is 574 g/mol. The van der Waals surface area contributed by atoms with Crippen molar-refractivity contribution in [3.05, 3.63) is 0 Å². The molecule has 226 valence electrons. The van der Waals surface area contributed by atoms with E-state index in [0.29, 0.717) is 13.1 Å². The third-order valence-electron chi connectivity index (χ3n) is 8.14. The highest BCUT2D eigenvalue weighted by atomic mass is 32.1. The number of rotatable bonds is 28. The zero-order chi connectivity index (χ0) is 28.7. The van der Waals surface area contributed by atoms with Crippen molar-refractivity contribution < 1.29 is 14.7 Å². The molecule has 0 bridgehead atoms. The van der Waals surface area contributed by atoms with Crippen LogP contribution in [0, 0.1) is 5.92 Å². The summed E-state index contributed by atoms with van der Waals surface area (Å²) in [6.07, 6.45) is 23.7. The molecule has 4 nitrogen and oxygen atoms in total. The van der Waals surface area contributed by atoms with Gasteiger partial charge >= 0.3 is 0 Å². The minimum atomic E-state index is -1.81. The van der Waals surface area contributed by atoms with Gasteiger partial charge in [-0.1, -0.05) is 137 Å². The topological polar surface area (TPSA) is 57.6 Å². The van der Waals surface area contributed by atoms with Crippen LogP contribution in [0.15, 0.2) is 0 Å². The van der Waals surface area contributed by atoms with Gasteiger partial charge in [-0.25, -0.2) is 0 Å². The molecule has 38 heavy (non-hydrogen) atoms. The van der Waals surface area contributed by atoms with Gasteiger partial charge in [0.05, 0.1) is 0 Å². The molecule has 0 heterocycles. The number of carbonyl (C=O) groups is 2. The van der Waals surface area contributed by atoms with Crippen molar-refractivity contribution >= 4 is 35.5 Å². The first-order chi connectivity index (χ1) is 18.3. The molecule has 0 saturated carbocycles. The zero-order valence-electron chi connectivity index (χ0n) is 25.5. The molecule has 0 aromatic heterocycles. The number of aliphatic hydroxyl groups is 1. The van der Waals surface area contributed by atoms with Crippen LogP contribution in [0.1, 0.15) is 163 Å². The van der Waals surface area contributed by atoms with Gasteiger partial charge in [0.15, 0.2) is 5.60 Å². The van der Waals surface area contributed by atoms with E-state index in [9.17, 15) is 14.7 Å². The minimum absolute atomic E-state index is 0.283. The van der Waals surface area contributed by atoms with Crippen LogP contribution in [-0.4, -0.2) is 45.0 Å². The Morgan fingerprint density at radius 2 is 0.947 bits per heavy atom. The molecule has 0 radical (unpaired) electrons. The molecule has 3 atom stereocenters. The Morgan fingerprint density at radius 3 is 1.32 bits per heavy atom. The minimum Gasteiger partial charge on any atom is -0.379 e. The molecule has 0 saturated heterocycles. The molecule has 6 heteroatoms. The summed E-state index contributed by atoms with van der Waals surface area (Å²) in [5.74, 6) is -0.283. The van der Waals surface area contributed by atoms with Gasteiger partial charge in [0.25, 0.3) is 0 Å². The fraction of sp³-hybridized carbons (Fsp3) is 0.938. The lowest BCUT2D eigenvalue weighted by Gasteiger charge is -2.44. The standard InChI is InChI=1S/C32H63NO3S2/c1-5-9-13-14-15-16-17-18-19-20-21-23-25-28(24-22-10-6-2)32(36,31(35)38)29(30(34)37)33(26-11-7-3)27-12-8-4/h28-29,36H,5-27H2,1-4H3,(H,34,37)(H,35,38). The molecule has 0 spiro atoms. The quantitative estimate of drug-likeness (QED) is 0.0645. The van der Waals surface area contributed by atoms with Gasteiger partial charge in [0.1, 0.15) is 6.04 Å². The predicted molar refractivity (Wildman–Crippen MR) is 171 cm³/mol. The summed E-state index contributed by atoms with van der Waals surface area (Å²) in [4.78, 5) is 28.0. The highest BCUT2D eigenvalue weighted by Crippen LogP contribution is 2.37. The van der Waals surface area contributed by atoms with Gasteiger partial charge in [0.2, 0.25) is 10.2 Å². The summed E-state index contributed by atoms with van der Waals surface area (Å²) < 4.78 is 0. The Kier molecular flexibility index (Phi) is 24.7. The molecule has 0 aromatic rings. The van der Waals surface area contributed by atoms with Gasteiger partial charge < -0.3 is 5.11 Å². The normalized spacial score (nSPS) is 14.9. The van der Waals surface area contributed by atoms with E-state index < -0.39 is 21.9 Å². The number of hydrogen-bond donors (Lipinski definition) is 3. The molecule has 0 rings (SSSR count). The van der Waals surface area contributed by atoms with Crippen LogP contribution in [0.5, 0.6) is 0 Å². The SMILES string of the molecule is CCCCCCCCCCCCCCC(CCCCC)C(O)(C(=O)S)C(C(=O)S)N(CCCC)CCCC. The molecule has 0 fully saturated rings. The lowest BCUT2D eigenvalue weighted by molar-refractivity contribution is -0.152. The van der Waals surface area contributed by atoms with Crippen molar-refractivity contribution in [3.8, 4) is 0 Å². The monoisotopic (exact) mass is 573 g/mol. The molecule has 0 aliphatic carbocycles. The lowest BCUT2D eigenvalue weighted by Crippen LogP contribution is -2.63. The third-order valence-corrected chi connectivity index (χ3v) is 8.74. The first kappa shape index (κ1) is 38.0. The van der Waals surface area contributed by atoms with Gasteiger partial charge in [-0.3, -0.25) is 14.5 Å². The molecule has 0 aromatic carbocycles. The van der Waals surface area contributed by atoms with Crippen LogP contribution in [0.2, 0.25) is 0 Å². The van der Waals surface area contributed by atoms with Crippen LogP contribution in [0.4, 0.5) is 0 Å². The number of unbranched alkanes of at least 4 members (excludes halogenated alkanes) is 15. The van der Waals surface area contributed by atoms with E-state index in [2.05, 4.69) is 53.0 Å². The molecule has 0 amide bonds. The number of nitrogens with zero attached hydrogens (tertiary/aromatic N) is 1. The smallest absolute Gasteiger partial charge is 0.219 e. The molecular formula is C32H63NO3S2. The van der Waals surface area contributed by atoms with Gasteiger partial charge in [-0.05, 0) is 44.7 Å². The van der Waals surface area contributed by atoms with E-state index in [-0.39, 0.29) is 5.92 Å². The fourth-order valence-corrected chi connectivity index (χ4v) is 6.35. The van der Waals surface area contributed by atoms with E-state index >= 15 is 0 Å². The van der Waals surface area contributed by atoms with Crippen molar-refractivity contribution in [2.75, 3.05) is 13.1 Å². The van der Waals surface area contributed by atoms with Crippen LogP contribution in [-0.2, 0) is 9.59 Å². The van der Waals surface area contributed by atoms with E-state index in [4.69, 9.17) is 0 Å². The van der Waals surface area contributed by atoms with Crippen LogP contribution >= 0.6 is 25.3 Å². The summed E-state index contributed by atoms with van der Waals surface area (Å²) in [7, 11) is 0. The summed E-state index contributed by atoms with van der Waals surface area (Å²) in [5, 5.41) is 11.1. The number of thiol groups is 2. The van der Waals surface area contributed by atoms with Crippen molar-refractivity contribution in [1.29, 1.82) is 0 Å². The van der Waals surface area contributed by atoms with Crippen molar-refractivity contribution in [3.63, 3.8) is 0 Å². The number of carbonyl (C=O) groups excluding carboxylic acids is 2. The van der Waals surface area contributed by atoms with E-state index in [1.165, 1.54) is 64.2 Å². The lowest BCUT2D eigenvalue weighted by atomic mass is 9.75. The van der Waals surface area contributed by atoms with E-state index in [1.807, 2.05) is 4.90 Å². The summed E-state index contributed by atoms with van der Waals surface area (Å²) in [6, 6.07) is -0.946. The molecule has 0 aliphatic heterocycles.